The highest BCUT2D eigenvalue weighted by Gasteiger charge is 2.35. The number of amides is 1. The second-order valence-electron chi connectivity index (χ2n) is 9.09. The van der Waals surface area contributed by atoms with E-state index in [1.807, 2.05) is 0 Å². The number of likely N-dealkylation sites (tertiary alicyclic amines) is 2. The molecule has 0 spiro atoms. The van der Waals surface area contributed by atoms with Crippen LogP contribution in [0.15, 0.2) is 11.4 Å². The van der Waals surface area contributed by atoms with Crippen molar-refractivity contribution in [1.82, 2.24) is 24.6 Å². The van der Waals surface area contributed by atoms with E-state index in [1.54, 1.807) is 10.3 Å². The van der Waals surface area contributed by atoms with Crippen LogP contribution in [0, 0.1) is 6.92 Å². The molecule has 0 bridgehead atoms. The zero-order chi connectivity index (χ0) is 25.0. The first kappa shape index (κ1) is 25.6. The number of thiazole rings is 1. The largest absolute Gasteiger partial charge is 0.460 e. The van der Waals surface area contributed by atoms with Crippen molar-refractivity contribution in [1.29, 1.82) is 0 Å². The molecule has 2 aliphatic rings. The molecule has 1 amide bonds. The standard InChI is InChI=1S/C23H30F3N5O3S/c1-16-13-19(23(24,25)26)28-31(16)14-20(32)30-9-5-17(6-10-30)21-27-18(15-35-21)22(33)34-12-11-29-7-3-2-4-8-29/h13,15,17H,2-12,14H2,1H3. The molecule has 8 nitrogen and oxygen atoms in total. The Bertz CT molecular complexity index is 1020. The molecule has 35 heavy (non-hydrogen) atoms. The fraction of sp³-hybridized carbons (Fsp3) is 0.652. The van der Waals surface area contributed by atoms with Crippen molar-refractivity contribution < 1.29 is 27.5 Å². The number of carbonyl (C=O) groups is 2. The third-order valence-corrected chi connectivity index (χ3v) is 7.58. The Hall–Kier alpha value is -2.47. The van der Waals surface area contributed by atoms with Crippen LogP contribution < -0.4 is 0 Å². The van der Waals surface area contributed by atoms with Crippen LogP contribution in [-0.4, -0.2) is 75.8 Å². The Morgan fingerprint density at radius 1 is 1.14 bits per heavy atom. The lowest BCUT2D eigenvalue weighted by atomic mass is 9.97. The third-order valence-electron chi connectivity index (χ3n) is 6.57. The number of aryl methyl sites for hydroxylation is 1. The van der Waals surface area contributed by atoms with Crippen LogP contribution in [0.1, 0.15) is 64.9 Å². The summed E-state index contributed by atoms with van der Waals surface area (Å²) in [6.45, 7) is 5.43. The minimum absolute atomic E-state index is 0.127. The molecule has 0 saturated carbocycles. The van der Waals surface area contributed by atoms with Gasteiger partial charge in [-0.3, -0.25) is 14.4 Å². The molecule has 2 fully saturated rings. The lowest BCUT2D eigenvalue weighted by molar-refractivity contribution is -0.142. The van der Waals surface area contributed by atoms with E-state index >= 15 is 0 Å². The van der Waals surface area contributed by atoms with Gasteiger partial charge in [-0.05, 0) is 51.8 Å². The number of carbonyl (C=O) groups excluding carboxylic acids is 2. The number of alkyl halides is 3. The Morgan fingerprint density at radius 3 is 2.51 bits per heavy atom. The second-order valence-corrected chi connectivity index (χ2v) is 9.98. The van der Waals surface area contributed by atoms with Crippen LogP contribution in [0.3, 0.4) is 0 Å². The van der Waals surface area contributed by atoms with Crippen LogP contribution in [0.4, 0.5) is 13.2 Å². The zero-order valence-electron chi connectivity index (χ0n) is 19.7. The van der Waals surface area contributed by atoms with Gasteiger partial charge in [0.2, 0.25) is 5.91 Å². The first-order valence-electron chi connectivity index (χ1n) is 11.9. The summed E-state index contributed by atoms with van der Waals surface area (Å²) in [4.78, 5) is 33.4. The second kappa shape index (κ2) is 11.1. The molecule has 0 N–H and O–H groups in total. The summed E-state index contributed by atoms with van der Waals surface area (Å²) in [6, 6.07) is 0.943. The van der Waals surface area contributed by atoms with Crippen molar-refractivity contribution in [2.75, 3.05) is 39.3 Å². The average molecular weight is 514 g/mol. The highest BCUT2D eigenvalue weighted by molar-refractivity contribution is 7.09. The van der Waals surface area contributed by atoms with E-state index in [9.17, 15) is 22.8 Å². The highest BCUT2D eigenvalue weighted by Crippen LogP contribution is 2.31. The predicted octanol–water partition coefficient (Wildman–Crippen LogP) is 3.72. The van der Waals surface area contributed by atoms with E-state index in [-0.39, 0.29) is 18.4 Å². The molecule has 0 atom stereocenters. The molecular weight excluding hydrogens is 483 g/mol. The maximum atomic E-state index is 12.9. The predicted molar refractivity (Wildman–Crippen MR) is 123 cm³/mol. The molecule has 4 rings (SSSR count). The fourth-order valence-corrected chi connectivity index (χ4v) is 5.47. The topological polar surface area (TPSA) is 80.6 Å². The van der Waals surface area contributed by atoms with E-state index in [4.69, 9.17) is 4.74 Å². The van der Waals surface area contributed by atoms with Gasteiger partial charge in [-0.25, -0.2) is 9.78 Å². The molecule has 0 unspecified atom stereocenters. The summed E-state index contributed by atoms with van der Waals surface area (Å²) < 4.78 is 45.1. The van der Waals surface area contributed by atoms with Gasteiger partial charge in [-0.2, -0.15) is 18.3 Å². The summed E-state index contributed by atoms with van der Waals surface area (Å²) in [6.07, 6.45) is 0.454. The lowest BCUT2D eigenvalue weighted by Crippen LogP contribution is -2.40. The number of hydrogen-bond donors (Lipinski definition) is 0. The molecule has 0 radical (unpaired) electrons. The molecule has 2 aromatic rings. The van der Waals surface area contributed by atoms with Crippen LogP contribution >= 0.6 is 11.3 Å². The van der Waals surface area contributed by atoms with Crippen molar-refractivity contribution in [3.05, 3.63) is 33.5 Å². The van der Waals surface area contributed by atoms with Crippen molar-refractivity contribution in [2.24, 2.45) is 0 Å². The Balaban J connectivity index is 1.23. The number of ether oxygens (including phenoxy) is 1. The van der Waals surface area contributed by atoms with Crippen LogP contribution in [0.5, 0.6) is 0 Å². The zero-order valence-corrected chi connectivity index (χ0v) is 20.5. The normalized spacial score (nSPS) is 18.1. The minimum atomic E-state index is -4.54. The molecule has 4 heterocycles. The van der Waals surface area contributed by atoms with Gasteiger partial charge in [0.25, 0.3) is 0 Å². The summed E-state index contributed by atoms with van der Waals surface area (Å²) in [5.74, 6) is -0.548. The quantitative estimate of drug-likeness (QED) is 0.525. The fourth-order valence-electron chi connectivity index (χ4n) is 4.51. The maximum absolute atomic E-state index is 12.9. The first-order valence-corrected chi connectivity index (χ1v) is 12.8. The van der Waals surface area contributed by atoms with Crippen molar-refractivity contribution in [3.8, 4) is 0 Å². The molecule has 2 aliphatic heterocycles. The number of piperidine rings is 2. The van der Waals surface area contributed by atoms with Gasteiger partial charge in [-0.1, -0.05) is 6.42 Å². The molecule has 2 aromatic heterocycles. The molecule has 0 aliphatic carbocycles. The Labute approximate surface area is 206 Å². The first-order chi connectivity index (χ1) is 16.7. The molecule has 192 valence electrons. The van der Waals surface area contributed by atoms with E-state index in [1.165, 1.54) is 37.5 Å². The van der Waals surface area contributed by atoms with Gasteiger partial charge in [-0.15, -0.1) is 11.3 Å². The van der Waals surface area contributed by atoms with Crippen molar-refractivity contribution in [3.63, 3.8) is 0 Å². The number of esters is 1. The number of halogens is 3. The molecule has 12 heteroatoms. The van der Waals surface area contributed by atoms with Gasteiger partial charge in [0.05, 0.1) is 5.01 Å². The van der Waals surface area contributed by atoms with E-state index in [0.717, 1.165) is 35.4 Å². The molecule has 0 aromatic carbocycles. The van der Waals surface area contributed by atoms with Gasteiger partial charge >= 0.3 is 12.1 Å². The van der Waals surface area contributed by atoms with Gasteiger partial charge in [0.15, 0.2) is 11.4 Å². The Kier molecular flexibility index (Phi) is 8.10. The number of nitrogens with zero attached hydrogens (tertiary/aromatic N) is 5. The Morgan fingerprint density at radius 2 is 1.86 bits per heavy atom. The summed E-state index contributed by atoms with van der Waals surface area (Å²) >= 11 is 1.42. The SMILES string of the molecule is Cc1cc(C(F)(F)F)nn1CC(=O)N1CCC(c2nc(C(=O)OCCN3CCCCC3)cs2)CC1. The van der Waals surface area contributed by atoms with Crippen molar-refractivity contribution in [2.45, 2.75) is 57.7 Å². The van der Waals surface area contributed by atoms with Gasteiger partial charge < -0.3 is 9.64 Å². The van der Waals surface area contributed by atoms with Gasteiger partial charge in [0.1, 0.15) is 13.2 Å². The minimum Gasteiger partial charge on any atom is -0.460 e. The molecular formula is C23H30F3N5O3S. The number of rotatable bonds is 7. The average Bonchev–Trinajstić information content (AvgIpc) is 3.47. The number of aromatic nitrogens is 3. The smallest absolute Gasteiger partial charge is 0.435 e. The highest BCUT2D eigenvalue weighted by atomic mass is 32.1. The summed E-state index contributed by atoms with van der Waals surface area (Å²) in [5, 5.41) is 6.10. The summed E-state index contributed by atoms with van der Waals surface area (Å²) in [7, 11) is 0. The van der Waals surface area contributed by atoms with Crippen molar-refractivity contribution >= 4 is 23.2 Å². The van der Waals surface area contributed by atoms with E-state index < -0.39 is 17.8 Å². The maximum Gasteiger partial charge on any atom is 0.435 e. The molecule has 2 saturated heterocycles. The lowest BCUT2D eigenvalue weighted by Gasteiger charge is -2.31. The third kappa shape index (κ3) is 6.60. The summed E-state index contributed by atoms with van der Waals surface area (Å²) in [5.41, 5.74) is -0.387. The van der Waals surface area contributed by atoms with E-state index in [0.29, 0.717) is 43.9 Å². The monoisotopic (exact) mass is 513 g/mol. The van der Waals surface area contributed by atoms with E-state index in [2.05, 4.69) is 15.0 Å². The number of hydrogen-bond acceptors (Lipinski definition) is 7. The van der Waals surface area contributed by atoms with Crippen LogP contribution in [0.25, 0.3) is 0 Å². The van der Waals surface area contributed by atoms with Crippen LogP contribution in [-0.2, 0) is 22.3 Å². The van der Waals surface area contributed by atoms with Crippen LogP contribution in [0.2, 0.25) is 0 Å². The van der Waals surface area contributed by atoms with Gasteiger partial charge in [0, 0.05) is 36.6 Å².